The second-order valence-corrected chi connectivity index (χ2v) is 4.29. The molecular formula is C13H13N5. The minimum absolute atomic E-state index is 0.251. The van der Waals surface area contributed by atoms with Crippen LogP contribution in [0.2, 0.25) is 0 Å². The Morgan fingerprint density at radius 1 is 1.17 bits per heavy atom. The molecule has 0 saturated heterocycles. The number of nitrogen functional groups attached to an aromatic ring is 1. The highest BCUT2D eigenvalue weighted by Crippen LogP contribution is 2.22. The summed E-state index contributed by atoms with van der Waals surface area (Å²) >= 11 is 0. The van der Waals surface area contributed by atoms with E-state index in [1.165, 1.54) is 5.56 Å². The first kappa shape index (κ1) is 10.7. The lowest BCUT2D eigenvalue weighted by Gasteiger charge is -2.03. The Labute approximate surface area is 104 Å². The molecule has 0 amide bonds. The van der Waals surface area contributed by atoms with Crippen LogP contribution < -0.4 is 5.73 Å². The first-order valence-electron chi connectivity index (χ1n) is 5.70. The summed E-state index contributed by atoms with van der Waals surface area (Å²) in [5.74, 6) is 0.938. The maximum atomic E-state index is 5.61. The normalized spacial score (nSPS) is 11.0. The van der Waals surface area contributed by atoms with Crippen LogP contribution in [0.25, 0.3) is 16.7 Å². The fourth-order valence-electron chi connectivity index (χ4n) is 2.04. The van der Waals surface area contributed by atoms with Crippen LogP contribution in [0.3, 0.4) is 0 Å². The van der Waals surface area contributed by atoms with Gasteiger partial charge in [0, 0.05) is 17.6 Å². The number of hydrogen-bond acceptors (Lipinski definition) is 4. The van der Waals surface area contributed by atoms with Gasteiger partial charge in [-0.25, -0.2) is 9.67 Å². The van der Waals surface area contributed by atoms with Crippen LogP contribution in [-0.4, -0.2) is 19.7 Å². The molecular weight excluding hydrogens is 226 g/mol. The Hall–Kier alpha value is -2.43. The van der Waals surface area contributed by atoms with Gasteiger partial charge in [-0.3, -0.25) is 0 Å². The topological polar surface area (TPSA) is 69.6 Å². The zero-order chi connectivity index (χ0) is 12.7. The molecule has 0 saturated carbocycles. The van der Waals surface area contributed by atoms with Crippen molar-refractivity contribution in [2.24, 2.45) is 0 Å². The summed E-state index contributed by atoms with van der Waals surface area (Å²) in [7, 11) is 0. The van der Waals surface area contributed by atoms with Crippen molar-refractivity contribution >= 4 is 16.9 Å². The number of benzene rings is 1. The van der Waals surface area contributed by atoms with E-state index >= 15 is 0 Å². The summed E-state index contributed by atoms with van der Waals surface area (Å²) in [6.07, 6.45) is 1.64. The molecule has 3 aromatic rings. The lowest BCUT2D eigenvalue weighted by molar-refractivity contribution is 0.852. The molecule has 1 aromatic carbocycles. The molecule has 0 aliphatic carbocycles. The second kappa shape index (κ2) is 3.80. The number of aromatic nitrogens is 4. The van der Waals surface area contributed by atoms with Crippen molar-refractivity contribution in [3.8, 4) is 5.82 Å². The van der Waals surface area contributed by atoms with Crippen LogP contribution in [0, 0.1) is 13.8 Å². The van der Waals surface area contributed by atoms with E-state index in [0.29, 0.717) is 5.82 Å². The first-order chi connectivity index (χ1) is 8.65. The van der Waals surface area contributed by atoms with Crippen LogP contribution in [0.5, 0.6) is 0 Å². The van der Waals surface area contributed by atoms with Crippen LogP contribution in [-0.2, 0) is 0 Å². The minimum atomic E-state index is 0.251. The Kier molecular flexibility index (Phi) is 2.26. The van der Waals surface area contributed by atoms with E-state index in [4.69, 9.17) is 5.73 Å². The number of nitrogens with two attached hydrogens (primary N) is 1. The molecule has 5 nitrogen and oxygen atoms in total. The lowest BCUT2D eigenvalue weighted by atomic mass is 10.1. The van der Waals surface area contributed by atoms with Gasteiger partial charge in [-0.2, -0.15) is 10.1 Å². The second-order valence-electron chi connectivity index (χ2n) is 4.29. The van der Waals surface area contributed by atoms with Gasteiger partial charge < -0.3 is 5.73 Å². The van der Waals surface area contributed by atoms with E-state index < -0.39 is 0 Å². The highest BCUT2D eigenvalue weighted by molar-refractivity contribution is 5.83. The molecule has 3 rings (SSSR count). The molecule has 0 aliphatic rings. The number of anilines is 1. The van der Waals surface area contributed by atoms with Crippen LogP contribution in [0.4, 0.5) is 5.95 Å². The van der Waals surface area contributed by atoms with Gasteiger partial charge in [-0.1, -0.05) is 12.1 Å². The van der Waals surface area contributed by atoms with E-state index in [9.17, 15) is 0 Å². The largest absolute Gasteiger partial charge is 0.368 e. The third-order valence-corrected chi connectivity index (χ3v) is 2.90. The summed E-state index contributed by atoms with van der Waals surface area (Å²) in [6.45, 7) is 4.04. The fraction of sp³-hybridized carbons (Fsp3) is 0.154. The van der Waals surface area contributed by atoms with Gasteiger partial charge in [0.1, 0.15) is 0 Å². The lowest BCUT2D eigenvalue weighted by Crippen LogP contribution is -2.03. The Morgan fingerprint density at radius 3 is 2.78 bits per heavy atom. The maximum absolute atomic E-state index is 5.61. The van der Waals surface area contributed by atoms with Gasteiger partial charge in [-0.05, 0) is 25.5 Å². The Morgan fingerprint density at radius 2 is 2.00 bits per heavy atom. The maximum Gasteiger partial charge on any atom is 0.221 e. The van der Waals surface area contributed by atoms with E-state index in [-0.39, 0.29) is 5.95 Å². The van der Waals surface area contributed by atoms with Gasteiger partial charge in [-0.15, -0.1) is 0 Å². The molecule has 18 heavy (non-hydrogen) atoms. The number of hydrogen-bond donors (Lipinski definition) is 1. The summed E-state index contributed by atoms with van der Waals surface area (Å²) < 4.78 is 1.80. The SMILES string of the molecule is Cc1ccc2c(C)nn(-c3ccnc(N)n3)c2c1. The molecule has 2 aromatic heterocycles. The molecule has 5 heteroatoms. The van der Waals surface area contributed by atoms with Crippen molar-refractivity contribution in [2.45, 2.75) is 13.8 Å². The average molecular weight is 239 g/mol. The van der Waals surface area contributed by atoms with Gasteiger partial charge in [0.05, 0.1) is 11.2 Å². The van der Waals surface area contributed by atoms with Crippen molar-refractivity contribution in [2.75, 3.05) is 5.73 Å². The van der Waals surface area contributed by atoms with Gasteiger partial charge in [0.25, 0.3) is 0 Å². The predicted molar refractivity (Wildman–Crippen MR) is 70.5 cm³/mol. The standard InChI is InChI=1S/C13H13N5/c1-8-3-4-10-9(2)17-18(11(10)7-8)12-5-6-15-13(14)16-12/h3-7H,1-2H3,(H2,14,15,16). The summed E-state index contributed by atoms with van der Waals surface area (Å²) in [5.41, 5.74) is 8.81. The highest BCUT2D eigenvalue weighted by atomic mass is 15.3. The first-order valence-corrected chi connectivity index (χ1v) is 5.70. The molecule has 2 N–H and O–H groups in total. The number of rotatable bonds is 1. The Bertz CT molecular complexity index is 729. The quantitative estimate of drug-likeness (QED) is 0.705. The Balaban J connectivity index is 2.32. The third kappa shape index (κ3) is 1.60. The molecule has 90 valence electrons. The zero-order valence-corrected chi connectivity index (χ0v) is 10.3. The summed E-state index contributed by atoms with van der Waals surface area (Å²) in [6, 6.07) is 8.04. The number of nitrogens with zero attached hydrogens (tertiary/aromatic N) is 4. The monoisotopic (exact) mass is 239 g/mol. The zero-order valence-electron chi connectivity index (χ0n) is 10.3. The molecule has 0 fully saturated rings. The van der Waals surface area contributed by atoms with Gasteiger partial charge >= 0.3 is 0 Å². The molecule has 0 unspecified atom stereocenters. The molecule has 0 aliphatic heterocycles. The van der Waals surface area contributed by atoms with Crippen molar-refractivity contribution < 1.29 is 0 Å². The molecule has 0 atom stereocenters. The smallest absolute Gasteiger partial charge is 0.221 e. The van der Waals surface area contributed by atoms with E-state index in [1.54, 1.807) is 16.9 Å². The number of fused-ring (bicyclic) bond motifs is 1. The van der Waals surface area contributed by atoms with E-state index in [0.717, 1.165) is 16.6 Å². The van der Waals surface area contributed by atoms with Crippen molar-refractivity contribution in [3.63, 3.8) is 0 Å². The van der Waals surface area contributed by atoms with Crippen LogP contribution >= 0.6 is 0 Å². The van der Waals surface area contributed by atoms with E-state index in [2.05, 4.69) is 40.2 Å². The molecule has 0 radical (unpaired) electrons. The minimum Gasteiger partial charge on any atom is -0.368 e. The highest BCUT2D eigenvalue weighted by Gasteiger charge is 2.10. The van der Waals surface area contributed by atoms with Crippen molar-refractivity contribution in [3.05, 3.63) is 41.7 Å². The predicted octanol–water partition coefficient (Wildman–Crippen LogP) is 2.01. The molecule has 0 bridgehead atoms. The molecule has 2 heterocycles. The van der Waals surface area contributed by atoms with E-state index in [1.807, 2.05) is 6.92 Å². The summed E-state index contributed by atoms with van der Waals surface area (Å²) in [4.78, 5) is 8.10. The third-order valence-electron chi connectivity index (χ3n) is 2.90. The average Bonchev–Trinajstić information content (AvgIpc) is 2.66. The number of aryl methyl sites for hydroxylation is 2. The van der Waals surface area contributed by atoms with Crippen LogP contribution in [0.1, 0.15) is 11.3 Å². The van der Waals surface area contributed by atoms with Gasteiger partial charge in [0.15, 0.2) is 5.82 Å². The summed E-state index contributed by atoms with van der Waals surface area (Å²) in [5, 5.41) is 5.64. The van der Waals surface area contributed by atoms with Crippen molar-refractivity contribution in [1.29, 1.82) is 0 Å². The molecule has 0 spiro atoms. The van der Waals surface area contributed by atoms with Gasteiger partial charge in [0.2, 0.25) is 5.95 Å². The fourth-order valence-corrected chi connectivity index (χ4v) is 2.04. The van der Waals surface area contributed by atoms with Crippen molar-refractivity contribution in [1.82, 2.24) is 19.7 Å². The van der Waals surface area contributed by atoms with Crippen LogP contribution in [0.15, 0.2) is 30.5 Å².